The number of carbonyl (C=O) groups excluding carboxylic acids is 1. The Bertz CT molecular complexity index is 619. The molecule has 1 aliphatic rings. The largest absolute Gasteiger partial charge is 0.398 e. The maximum atomic E-state index is 12.4. The molecule has 4 heteroatoms. The van der Waals surface area contributed by atoms with Gasteiger partial charge >= 0.3 is 0 Å². The van der Waals surface area contributed by atoms with Crippen LogP contribution in [0.1, 0.15) is 10.4 Å². The van der Waals surface area contributed by atoms with Crippen LogP contribution in [0.3, 0.4) is 0 Å². The Kier molecular flexibility index (Phi) is 3.09. The monoisotopic (exact) mass is 256 g/mol. The van der Waals surface area contributed by atoms with Crippen LogP contribution in [0.15, 0.2) is 36.4 Å². The minimum Gasteiger partial charge on any atom is -0.398 e. The van der Waals surface area contributed by atoms with Crippen LogP contribution in [0.2, 0.25) is 0 Å². The fourth-order valence-corrected chi connectivity index (χ4v) is 2.39. The number of morpholine rings is 1. The number of nitrogens with zero attached hydrogens (tertiary/aromatic N) is 1. The van der Waals surface area contributed by atoms with Crippen LogP contribution in [-0.2, 0) is 4.74 Å². The van der Waals surface area contributed by atoms with Gasteiger partial charge in [-0.05, 0) is 23.6 Å². The fourth-order valence-electron chi connectivity index (χ4n) is 2.39. The summed E-state index contributed by atoms with van der Waals surface area (Å²) in [5.41, 5.74) is 7.36. The van der Waals surface area contributed by atoms with E-state index in [0.29, 0.717) is 31.9 Å². The SMILES string of the molecule is Nc1cccc2cc(C(=O)N3CCOCC3)ccc12. The maximum absolute atomic E-state index is 12.4. The lowest BCUT2D eigenvalue weighted by molar-refractivity contribution is 0.0303. The van der Waals surface area contributed by atoms with Gasteiger partial charge in [0.2, 0.25) is 0 Å². The molecule has 0 aliphatic carbocycles. The van der Waals surface area contributed by atoms with E-state index < -0.39 is 0 Å². The fraction of sp³-hybridized carbons (Fsp3) is 0.267. The highest BCUT2D eigenvalue weighted by Crippen LogP contribution is 2.22. The zero-order valence-corrected chi connectivity index (χ0v) is 10.6. The number of anilines is 1. The molecule has 0 saturated carbocycles. The molecule has 0 radical (unpaired) electrons. The summed E-state index contributed by atoms with van der Waals surface area (Å²) < 4.78 is 5.26. The van der Waals surface area contributed by atoms with Crippen molar-refractivity contribution in [3.63, 3.8) is 0 Å². The first-order valence-corrected chi connectivity index (χ1v) is 6.41. The van der Waals surface area contributed by atoms with Crippen molar-refractivity contribution < 1.29 is 9.53 Å². The molecule has 0 atom stereocenters. The van der Waals surface area contributed by atoms with E-state index in [2.05, 4.69) is 0 Å². The molecule has 2 N–H and O–H groups in total. The van der Waals surface area contributed by atoms with Crippen LogP contribution in [0.4, 0.5) is 5.69 Å². The quantitative estimate of drug-likeness (QED) is 0.793. The lowest BCUT2D eigenvalue weighted by atomic mass is 10.0. The van der Waals surface area contributed by atoms with E-state index in [1.165, 1.54) is 0 Å². The van der Waals surface area contributed by atoms with Gasteiger partial charge in [-0.1, -0.05) is 18.2 Å². The highest BCUT2D eigenvalue weighted by atomic mass is 16.5. The van der Waals surface area contributed by atoms with E-state index in [1.54, 1.807) is 0 Å². The lowest BCUT2D eigenvalue weighted by Crippen LogP contribution is -2.40. The molecule has 0 aromatic heterocycles. The number of fused-ring (bicyclic) bond motifs is 1. The van der Waals surface area contributed by atoms with Crippen molar-refractivity contribution in [2.45, 2.75) is 0 Å². The van der Waals surface area contributed by atoms with Crippen molar-refractivity contribution in [3.05, 3.63) is 42.0 Å². The lowest BCUT2D eigenvalue weighted by Gasteiger charge is -2.27. The van der Waals surface area contributed by atoms with Crippen LogP contribution < -0.4 is 5.73 Å². The molecule has 2 aromatic rings. The summed E-state index contributed by atoms with van der Waals surface area (Å²) >= 11 is 0. The van der Waals surface area contributed by atoms with E-state index in [0.717, 1.165) is 16.5 Å². The van der Waals surface area contributed by atoms with Gasteiger partial charge in [-0.3, -0.25) is 4.79 Å². The van der Waals surface area contributed by atoms with Crippen molar-refractivity contribution in [1.29, 1.82) is 0 Å². The molecule has 0 spiro atoms. The molecular formula is C15H16N2O2. The average molecular weight is 256 g/mol. The summed E-state index contributed by atoms with van der Waals surface area (Å²) in [4.78, 5) is 14.2. The third-order valence-electron chi connectivity index (χ3n) is 3.46. The second-order valence-electron chi connectivity index (χ2n) is 4.69. The number of benzene rings is 2. The summed E-state index contributed by atoms with van der Waals surface area (Å²) in [6, 6.07) is 11.4. The van der Waals surface area contributed by atoms with E-state index >= 15 is 0 Å². The first kappa shape index (κ1) is 12.0. The van der Waals surface area contributed by atoms with Gasteiger partial charge in [-0.15, -0.1) is 0 Å². The van der Waals surface area contributed by atoms with Crippen LogP contribution in [0.5, 0.6) is 0 Å². The van der Waals surface area contributed by atoms with Crippen molar-refractivity contribution in [2.24, 2.45) is 0 Å². The molecule has 3 rings (SSSR count). The van der Waals surface area contributed by atoms with E-state index in [-0.39, 0.29) is 5.91 Å². The van der Waals surface area contributed by atoms with Crippen molar-refractivity contribution in [2.75, 3.05) is 32.0 Å². The molecule has 2 aromatic carbocycles. The zero-order valence-electron chi connectivity index (χ0n) is 10.6. The Hall–Kier alpha value is -2.07. The van der Waals surface area contributed by atoms with Crippen molar-refractivity contribution >= 4 is 22.4 Å². The average Bonchev–Trinajstić information content (AvgIpc) is 2.47. The van der Waals surface area contributed by atoms with Crippen LogP contribution >= 0.6 is 0 Å². The molecule has 1 aliphatic heterocycles. The minimum atomic E-state index is 0.0626. The number of amides is 1. The Morgan fingerprint density at radius 2 is 1.95 bits per heavy atom. The van der Waals surface area contributed by atoms with Gasteiger partial charge in [0.05, 0.1) is 13.2 Å². The molecule has 1 fully saturated rings. The highest BCUT2D eigenvalue weighted by Gasteiger charge is 2.18. The highest BCUT2D eigenvalue weighted by molar-refractivity contribution is 6.01. The molecule has 98 valence electrons. The predicted molar refractivity (Wildman–Crippen MR) is 75.1 cm³/mol. The normalized spacial score (nSPS) is 15.7. The maximum Gasteiger partial charge on any atom is 0.254 e. The van der Waals surface area contributed by atoms with Gasteiger partial charge in [0.15, 0.2) is 0 Å². The number of carbonyl (C=O) groups is 1. The first-order valence-electron chi connectivity index (χ1n) is 6.41. The topological polar surface area (TPSA) is 55.6 Å². The van der Waals surface area contributed by atoms with Gasteiger partial charge in [-0.2, -0.15) is 0 Å². The van der Waals surface area contributed by atoms with Gasteiger partial charge in [0, 0.05) is 29.7 Å². The van der Waals surface area contributed by atoms with Crippen LogP contribution in [-0.4, -0.2) is 37.1 Å². The molecular weight excluding hydrogens is 240 g/mol. The molecule has 0 unspecified atom stereocenters. The van der Waals surface area contributed by atoms with Gasteiger partial charge in [-0.25, -0.2) is 0 Å². The number of hydrogen-bond acceptors (Lipinski definition) is 3. The first-order chi connectivity index (χ1) is 9.25. The third-order valence-corrected chi connectivity index (χ3v) is 3.46. The Morgan fingerprint density at radius 1 is 1.16 bits per heavy atom. The minimum absolute atomic E-state index is 0.0626. The molecule has 1 amide bonds. The summed E-state index contributed by atoms with van der Waals surface area (Å²) in [6.45, 7) is 2.56. The van der Waals surface area contributed by atoms with E-state index in [1.807, 2.05) is 41.3 Å². The van der Waals surface area contributed by atoms with Gasteiger partial charge in [0.1, 0.15) is 0 Å². The molecule has 4 nitrogen and oxygen atoms in total. The predicted octanol–water partition coefficient (Wildman–Crippen LogP) is 1.89. The smallest absolute Gasteiger partial charge is 0.254 e. The number of ether oxygens (including phenoxy) is 1. The summed E-state index contributed by atoms with van der Waals surface area (Å²) in [5, 5.41) is 1.99. The summed E-state index contributed by atoms with van der Waals surface area (Å²) in [6.07, 6.45) is 0. The second kappa shape index (κ2) is 4.90. The van der Waals surface area contributed by atoms with E-state index in [9.17, 15) is 4.79 Å². The molecule has 1 heterocycles. The van der Waals surface area contributed by atoms with Crippen LogP contribution in [0.25, 0.3) is 10.8 Å². The summed E-state index contributed by atoms with van der Waals surface area (Å²) in [7, 11) is 0. The van der Waals surface area contributed by atoms with E-state index in [4.69, 9.17) is 10.5 Å². The van der Waals surface area contributed by atoms with Gasteiger partial charge < -0.3 is 15.4 Å². The number of nitrogen functional groups attached to an aromatic ring is 1. The third kappa shape index (κ3) is 2.27. The number of hydrogen-bond donors (Lipinski definition) is 1. The zero-order chi connectivity index (χ0) is 13.2. The Labute approximate surface area is 111 Å². The second-order valence-corrected chi connectivity index (χ2v) is 4.69. The Balaban J connectivity index is 1.94. The van der Waals surface area contributed by atoms with Crippen molar-refractivity contribution in [3.8, 4) is 0 Å². The van der Waals surface area contributed by atoms with Crippen LogP contribution in [0, 0.1) is 0 Å². The number of rotatable bonds is 1. The van der Waals surface area contributed by atoms with Gasteiger partial charge in [0.25, 0.3) is 5.91 Å². The Morgan fingerprint density at radius 3 is 2.74 bits per heavy atom. The molecule has 0 bridgehead atoms. The molecule has 1 saturated heterocycles. The molecule has 19 heavy (non-hydrogen) atoms. The summed E-state index contributed by atoms with van der Waals surface area (Å²) in [5.74, 6) is 0.0626. The number of nitrogens with two attached hydrogens (primary N) is 1. The standard InChI is InChI=1S/C15H16N2O2/c16-14-3-1-2-11-10-12(4-5-13(11)14)15(18)17-6-8-19-9-7-17/h1-5,10H,6-9,16H2. The van der Waals surface area contributed by atoms with Crippen molar-refractivity contribution in [1.82, 2.24) is 4.90 Å².